The van der Waals surface area contributed by atoms with Crippen LogP contribution in [0.2, 0.25) is 0 Å². The second-order valence-electron chi connectivity index (χ2n) is 1.96. The van der Waals surface area contributed by atoms with Gasteiger partial charge < -0.3 is 9.84 Å². The number of aliphatic hydroxyl groups excluding tert-OH is 1. The molecule has 0 saturated carbocycles. The lowest BCUT2D eigenvalue weighted by Gasteiger charge is -2.02. The molecule has 0 aliphatic carbocycles. The van der Waals surface area contributed by atoms with E-state index in [1.165, 1.54) is 0 Å². The molecule has 1 aromatic carbocycles. The average Bonchev–Trinajstić information content (AvgIpc) is 2.01. The van der Waals surface area contributed by atoms with Crippen molar-refractivity contribution >= 4 is 15.9 Å². The Labute approximate surface area is 73.9 Å². The average molecular weight is 216 g/mol. The summed E-state index contributed by atoms with van der Waals surface area (Å²) in [7, 11) is 0. The van der Waals surface area contributed by atoms with Crippen LogP contribution in [-0.2, 0) is 0 Å². The monoisotopic (exact) mass is 215 g/mol. The maximum absolute atomic E-state index is 8.45. The second-order valence-corrected chi connectivity index (χ2v) is 2.87. The number of aliphatic hydroxyl groups is 1. The summed E-state index contributed by atoms with van der Waals surface area (Å²) in [6.07, 6.45) is 0. The van der Waals surface area contributed by atoms with Gasteiger partial charge in [-0.1, -0.05) is 15.9 Å². The Bertz CT molecular complexity index is 225. The van der Waals surface area contributed by atoms with Crippen molar-refractivity contribution in [1.82, 2.24) is 0 Å². The van der Waals surface area contributed by atoms with Crippen LogP contribution in [0.5, 0.6) is 5.75 Å². The van der Waals surface area contributed by atoms with E-state index in [-0.39, 0.29) is 6.61 Å². The summed E-state index contributed by atoms with van der Waals surface area (Å²) in [4.78, 5) is 0. The van der Waals surface area contributed by atoms with Gasteiger partial charge in [-0.05, 0) is 24.3 Å². The summed E-state index contributed by atoms with van der Waals surface area (Å²) in [5.74, 6) is 0.716. The Hall–Kier alpha value is -0.540. The molecule has 0 spiro atoms. The van der Waals surface area contributed by atoms with Crippen molar-refractivity contribution in [2.75, 3.05) is 13.2 Å². The number of ether oxygens (including phenoxy) is 1. The van der Waals surface area contributed by atoms with Crippen molar-refractivity contribution in [2.45, 2.75) is 0 Å². The predicted octanol–water partition coefficient (Wildman–Crippen LogP) is 1.62. The molecule has 0 aliphatic rings. The Morgan fingerprint density at radius 2 is 2.36 bits per heavy atom. The molecule has 0 aliphatic heterocycles. The van der Waals surface area contributed by atoms with Crippen molar-refractivity contribution in [3.63, 3.8) is 0 Å². The summed E-state index contributed by atoms with van der Waals surface area (Å²) in [5, 5.41) is 8.45. The molecule has 59 valence electrons. The maximum Gasteiger partial charge on any atom is 0.121 e. The molecule has 0 heterocycles. The smallest absolute Gasteiger partial charge is 0.121 e. The standard InChI is InChI=1S/C8H8BrO2/c9-7-2-1-3-8(6-7)11-5-4-10/h2-3,6,10H,4-5H2. The van der Waals surface area contributed by atoms with E-state index in [0.717, 1.165) is 4.47 Å². The van der Waals surface area contributed by atoms with Crippen molar-refractivity contribution in [3.05, 3.63) is 28.7 Å². The summed E-state index contributed by atoms with van der Waals surface area (Å²) in [6.45, 7) is 0.358. The van der Waals surface area contributed by atoms with Crippen LogP contribution in [-0.4, -0.2) is 18.3 Å². The zero-order chi connectivity index (χ0) is 8.10. The maximum atomic E-state index is 8.45. The molecule has 3 heteroatoms. The Balaban J connectivity index is 2.56. The van der Waals surface area contributed by atoms with Gasteiger partial charge in [-0.3, -0.25) is 0 Å². The molecule has 0 fully saturated rings. The van der Waals surface area contributed by atoms with Crippen LogP contribution >= 0.6 is 15.9 Å². The molecule has 1 radical (unpaired) electrons. The summed E-state index contributed by atoms with van der Waals surface area (Å²) >= 11 is 3.28. The summed E-state index contributed by atoms with van der Waals surface area (Å²) < 4.78 is 6.05. The lowest BCUT2D eigenvalue weighted by Crippen LogP contribution is -2.01. The van der Waals surface area contributed by atoms with E-state index in [1.54, 1.807) is 12.1 Å². The number of hydrogen-bond donors (Lipinski definition) is 1. The van der Waals surface area contributed by atoms with Crippen LogP contribution in [0.3, 0.4) is 0 Å². The minimum atomic E-state index is 0.0342. The first-order chi connectivity index (χ1) is 5.33. The van der Waals surface area contributed by atoms with Gasteiger partial charge in [0.2, 0.25) is 0 Å². The molecule has 1 rings (SSSR count). The van der Waals surface area contributed by atoms with Gasteiger partial charge in [-0.15, -0.1) is 0 Å². The zero-order valence-corrected chi connectivity index (χ0v) is 7.47. The Morgan fingerprint density at radius 1 is 1.55 bits per heavy atom. The minimum Gasteiger partial charge on any atom is -0.491 e. The zero-order valence-electron chi connectivity index (χ0n) is 5.88. The van der Waals surface area contributed by atoms with Gasteiger partial charge in [0.05, 0.1) is 6.61 Å². The molecule has 1 aromatic rings. The highest BCUT2D eigenvalue weighted by molar-refractivity contribution is 9.10. The summed E-state index contributed by atoms with van der Waals surface area (Å²) in [6, 6.07) is 8.23. The van der Waals surface area contributed by atoms with Crippen LogP contribution in [0.1, 0.15) is 0 Å². The van der Waals surface area contributed by atoms with Crippen molar-refractivity contribution in [3.8, 4) is 5.75 Å². The first-order valence-corrected chi connectivity index (χ1v) is 4.02. The molecule has 11 heavy (non-hydrogen) atoms. The number of benzene rings is 1. The number of halogens is 1. The molecule has 0 unspecified atom stereocenters. The fraction of sp³-hybridized carbons (Fsp3) is 0.250. The quantitative estimate of drug-likeness (QED) is 0.831. The first-order valence-electron chi connectivity index (χ1n) is 3.23. The van der Waals surface area contributed by atoms with Crippen LogP contribution in [0.25, 0.3) is 0 Å². The molecule has 0 bridgehead atoms. The van der Waals surface area contributed by atoms with Gasteiger partial charge in [0, 0.05) is 4.47 Å². The van der Waals surface area contributed by atoms with E-state index >= 15 is 0 Å². The van der Waals surface area contributed by atoms with Gasteiger partial charge in [-0.2, -0.15) is 0 Å². The van der Waals surface area contributed by atoms with E-state index < -0.39 is 0 Å². The van der Waals surface area contributed by atoms with Crippen LogP contribution in [0.15, 0.2) is 22.7 Å². The fourth-order valence-electron chi connectivity index (χ4n) is 0.669. The fourth-order valence-corrected chi connectivity index (χ4v) is 1.03. The van der Waals surface area contributed by atoms with E-state index in [2.05, 4.69) is 22.0 Å². The van der Waals surface area contributed by atoms with Gasteiger partial charge in [0.1, 0.15) is 12.4 Å². The molecular weight excluding hydrogens is 208 g/mol. The third kappa shape index (κ3) is 2.91. The topological polar surface area (TPSA) is 29.5 Å². The SMILES string of the molecule is OCCOc1c[c]cc(Br)c1. The minimum absolute atomic E-state index is 0.0342. The molecule has 0 amide bonds. The molecule has 0 aromatic heterocycles. The predicted molar refractivity (Wildman–Crippen MR) is 45.6 cm³/mol. The molecule has 0 atom stereocenters. The third-order valence-corrected chi connectivity index (χ3v) is 1.54. The van der Waals surface area contributed by atoms with E-state index in [1.807, 2.05) is 6.07 Å². The Morgan fingerprint density at radius 3 is 3.00 bits per heavy atom. The summed E-state index contributed by atoms with van der Waals surface area (Å²) in [5.41, 5.74) is 0. The van der Waals surface area contributed by atoms with E-state index in [9.17, 15) is 0 Å². The highest BCUT2D eigenvalue weighted by Crippen LogP contribution is 2.16. The van der Waals surface area contributed by atoms with Gasteiger partial charge in [0.15, 0.2) is 0 Å². The Kier molecular flexibility index (Phi) is 3.39. The van der Waals surface area contributed by atoms with Gasteiger partial charge >= 0.3 is 0 Å². The highest BCUT2D eigenvalue weighted by Gasteiger charge is 1.92. The van der Waals surface area contributed by atoms with Crippen LogP contribution in [0, 0.1) is 6.07 Å². The molecule has 0 saturated heterocycles. The highest BCUT2D eigenvalue weighted by atomic mass is 79.9. The molecular formula is C8H8BrO2. The van der Waals surface area contributed by atoms with Gasteiger partial charge in [0.25, 0.3) is 0 Å². The number of hydrogen-bond acceptors (Lipinski definition) is 2. The lowest BCUT2D eigenvalue weighted by atomic mass is 10.3. The van der Waals surface area contributed by atoms with Crippen molar-refractivity contribution in [1.29, 1.82) is 0 Å². The molecule has 2 nitrogen and oxygen atoms in total. The second kappa shape index (κ2) is 4.36. The van der Waals surface area contributed by atoms with Crippen LogP contribution in [0.4, 0.5) is 0 Å². The van der Waals surface area contributed by atoms with Crippen molar-refractivity contribution < 1.29 is 9.84 Å². The third-order valence-electron chi connectivity index (χ3n) is 1.09. The van der Waals surface area contributed by atoms with Gasteiger partial charge in [-0.25, -0.2) is 0 Å². The normalized spacial score (nSPS) is 9.64. The lowest BCUT2D eigenvalue weighted by molar-refractivity contribution is 0.201. The largest absolute Gasteiger partial charge is 0.491 e. The van der Waals surface area contributed by atoms with Crippen molar-refractivity contribution in [2.24, 2.45) is 0 Å². The van der Waals surface area contributed by atoms with E-state index in [4.69, 9.17) is 9.84 Å². The number of rotatable bonds is 3. The van der Waals surface area contributed by atoms with E-state index in [0.29, 0.717) is 12.4 Å². The van der Waals surface area contributed by atoms with Crippen LogP contribution < -0.4 is 4.74 Å². The molecule has 1 N–H and O–H groups in total. The first kappa shape index (κ1) is 8.56.